The van der Waals surface area contributed by atoms with E-state index in [1.807, 2.05) is 60.7 Å². The number of ether oxygens (including phenoxy) is 1. The zero-order chi connectivity index (χ0) is 22.7. The maximum atomic E-state index is 13.3. The monoisotopic (exact) mass is 454 g/mol. The smallest absolute Gasteiger partial charge is 0.290 e. The minimum Gasteiger partial charge on any atom is -0.490 e. The first-order valence-electron chi connectivity index (χ1n) is 10.8. The van der Waals surface area contributed by atoms with Crippen LogP contribution in [-0.2, 0) is 6.42 Å². The number of fused-ring (bicyclic) bond motifs is 5. The minimum atomic E-state index is -0.271. The Balaban J connectivity index is 1.73. The van der Waals surface area contributed by atoms with Gasteiger partial charge in [0.05, 0.1) is 12.1 Å². The summed E-state index contributed by atoms with van der Waals surface area (Å²) in [6.07, 6.45) is 0.807. The zero-order valence-corrected chi connectivity index (χ0v) is 19.1. The average Bonchev–Trinajstić information content (AvgIpc) is 3.20. The molecule has 0 atom stereocenters. The van der Waals surface area contributed by atoms with Crippen LogP contribution < -0.4 is 16.1 Å². The van der Waals surface area contributed by atoms with Gasteiger partial charge in [-0.1, -0.05) is 74.5 Å². The largest absolute Gasteiger partial charge is 0.490 e. The predicted molar refractivity (Wildman–Crippen MR) is 133 cm³/mol. The van der Waals surface area contributed by atoms with Crippen molar-refractivity contribution < 1.29 is 4.74 Å². The summed E-state index contributed by atoms with van der Waals surface area (Å²) in [7, 11) is 0. The molecular formula is C26H22N4O2S. The molecule has 164 valence electrons. The minimum absolute atomic E-state index is 0.0470. The van der Waals surface area contributed by atoms with Gasteiger partial charge in [-0.25, -0.2) is 14.6 Å². The number of hydrogen-bond acceptors (Lipinski definition) is 6. The molecule has 0 bridgehead atoms. The van der Waals surface area contributed by atoms with Gasteiger partial charge in [0.25, 0.3) is 5.56 Å². The van der Waals surface area contributed by atoms with Gasteiger partial charge in [0.15, 0.2) is 5.82 Å². The number of nitrogens with two attached hydrogens (primary N) is 1. The van der Waals surface area contributed by atoms with Crippen LogP contribution in [0.2, 0.25) is 0 Å². The molecule has 2 N–H and O–H groups in total. The van der Waals surface area contributed by atoms with Gasteiger partial charge in [0.1, 0.15) is 21.0 Å². The molecule has 0 unspecified atom stereocenters. The molecule has 0 saturated carbocycles. The van der Waals surface area contributed by atoms with E-state index in [1.165, 1.54) is 11.3 Å². The van der Waals surface area contributed by atoms with E-state index in [-0.39, 0.29) is 11.0 Å². The summed E-state index contributed by atoms with van der Waals surface area (Å²) in [5, 5.41) is 0.896. The normalized spacial score (nSPS) is 14.8. The van der Waals surface area contributed by atoms with Crippen molar-refractivity contribution in [1.29, 1.82) is 0 Å². The Hall–Kier alpha value is -3.71. The number of aromatic nitrogens is 3. The maximum absolute atomic E-state index is 13.3. The molecule has 1 aliphatic heterocycles. The molecule has 3 aromatic heterocycles. The van der Waals surface area contributed by atoms with E-state index in [0.717, 1.165) is 49.4 Å². The molecule has 6 rings (SSSR count). The second-order valence-corrected chi connectivity index (χ2v) is 10.2. The van der Waals surface area contributed by atoms with Crippen LogP contribution in [0.15, 0.2) is 65.5 Å². The van der Waals surface area contributed by atoms with Gasteiger partial charge in [0.2, 0.25) is 0 Å². The molecule has 6 nitrogen and oxygen atoms in total. The molecule has 2 aromatic carbocycles. The number of benzene rings is 2. The van der Waals surface area contributed by atoms with E-state index < -0.39 is 0 Å². The molecule has 0 radical (unpaired) electrons. The van der Waals surface area contributed by atoms with Gasteiger partial charge >= 0.3 is 0 Å². The highest BCUT2D eigenvalue weighted by Gasteiger charge is 2.33. The van der Waals surface area contributed by atoms with Crippen molar-refractivity contribution in [3.05, 3.63) is 76.6 Å². The van der Waals surface area contributed by atoms with Gasteiger partial charge in [0, 0.05) is 27.5 Å². The lowest BCUT2D eigenvalue weighted by molar-refractivity contribution is 0.156. The van der Waals surface area contributed by atoms with Gasteiger partial charge < -0.3 is 10.6 Å². The quantitative estimate of drug-likeness (QED) is 0.379. The second kappa shape index (κ2) is 7.15. The highest BCUT2D eigenvalue weighted by Crippen LogP contribution is 2.46. The molecular weight excluding hydrogens is 432 g/mol. The van der Waals surface area contributed by atoms with Crippen LogP contribution in [-0.4, -0.2) is 21.3 Å². The van der Waals surface area contributed by atoms with Crippen LogP contribution in [0.1, 0.15) is 19.4 Å². The van der Waals surface area contributed by atoms with Crippen LogP contribution in [0.3, 0.4) is 0 Å². The highest BCUT2D eigenvalue weighted by molar-refractivity contribution is 7.25. The summed E-state index contributed by atoms with van der Waals surface area (Å²) >= 11 is 1.35. The second-order valence-electron chi connectivity index (χ2n) is 9.20. The van der Waals surface area contributed by atoms with Crippen molar-refractivity contribution in [3.63, 3.8) is 0 Å². The van der Waals surface area contributed by atoms with E-state index in [9.17, 15) is 4.79 Å². The van der Waals surface area contributed by atoms with Gasteiger partial charge in [-0.2, -0.15) is 0 Å². The van der Waals surface area contributed by atoms with E-state index in [2.05, 4.69) is 13.8 Å². The third-order valence-corrected chi connectivity index (χ3v) is 7.13. The van der Waals surface area contributed by atoms with Crippen molar-refractivity contribution in [3.8, 4) is 28.4 Å². The van der Waals surface area contributed by atoms with Crippen LogP contribution in [0.4, 0.5) is 0 Å². The standard InChI is InChI=1S/C26H22N4O2S/c1-26(2)13-17-18-20-22(25(31)30(27)23(28-20)16-11-7-4-8-12-16)33-24(18)29-19(21(17)32-14-26)15-9-5-3-6-10-15/h3-12H,13-14,27H2,1-2H3. The molecule has 33 heavy (non-hydrogen) atoms. The van der Waals surface area contributed by atoms with Gasteiger partial charge in [-0.3, -0.25) is 4.79 Å². The number of pyridine rings is 1. The summed E-state index contributed by atoms with van der Waals surface area (Å²) in [4.78, 5) is 24.0. The average molecular weight is 455 g/mol. The predicted octanol–water partition coefficient (Wildman–Crippen LogP) is 5.02. The topological polar surface area (TPSA) is 83.0 Å². The number of nitrogen functional groups attached to an aromatic ring is 1. The fraction of sp³-hybridized carbons (Fsp3) is 0.192. The van der Waals surface area contributed by atoms with Crippen molar-refractivity contribution in [2.75, 3.05) is 12.4 Å². The maximum Gasteiger partial charge on any atom is 0.290 e. The highest BCUT2D eigenvalue weighted by atomic mass is 32.1. The van der Waals surface area contributed by atoms with Crippen molar-refractivity contribution in [2.45, 2.75) is 20.3 Å². The summed E-state index contributed by atoms with van der Waals surface area (Å²) in [5.74, 6) is 7.43. The first-order valence-corrected chi connectivity index (χ1v) is 11.7. The number of nitrogens with zero attached hydrogens (tertiary/aromatic N) is 3. The van der Waals surface area contributed by atoms with E-state index in [1.54, 1.807) is 0 Å². The molecule has 7 heteroatoms. The molecule has 0 saturated heterocycles. The fourth-order valence-corrected chi connectivity index (χ4v) is 5.57. The first-order chi connectivity index (χ1) is 15.9. The Bertz CT molecular complexity index is 1590. The van der Waals surface area contributed by atoms with Crippen LogP contribution in [0.25, 0.3) is 43.1 Å². The molecule has 0 aliphatic carbocycles. The molecule has 0 fully saturated rings. The Labute approximate surface area is 194 Å². The molecule has 5 aromatic rings. The molecule has 1 aliphatic rings. The van der Waals surface area contributed by atoms with E-state index >= 15 is 0 Å². The third-order valence-electron chi connectivity index (χ3n) is 6.07. The lowest BCUT2D eigenvalue weighted by Gasteiger charge is -2.32. The van der Waals surface area contributed by atoms with Crippen molar-refractivity contribution in [2.24, 2.45) is 5.41 Å². The summed E-state index contributed by atoms with van der Waals surface area (Å²) in [6, 6.07) is 19.6. The molecule has 0 amide bonds. The Morgan fingerprint density at radius 2 is 1.67 bits per heavy atom. The summed E-state index contributed by atoms with van der Waals surface area (Å²) in [6.45, 7) is 4.98. The lowest BCUT2D eigenvalue weighted by Crippen LogP contribution is -2.30. The summed E-state index contributed by atoms with van der Waals surface area (Å²) in [5.41, 5.74) is 3.96. The molecule has 0 spiro atoms. The van der Waals surface area contributed by atoms with Crippen molar-refractivity contribution >= 4 is 31.8 Å². The van der Waals surface area contributed by atoms with Crippen LogP contribution in [0.5, 0.6) is 5.75 Å². The van der Waals surface area contributed by atoms with Crippen LogP contribution in [0, 0.1) is 5.41 Å². The Kier molecular flexibility index (Phi) is 4.32. The Morgan fingerprint density at radius 3 is 2.36 bits per heavy atom. The van der Waals surface area contributed by atoms with Crippen LogP contribution >= 0.6 is 11.3 Å². The molecule has 4 heterocycles. The van der Waals surface area contributed by atoms with Crippen molar-refractivity contribution in [1.82, 2.24) is 14.6 Å². The number of thiophene rings is 1. The van der Waals surface area contributed by atoms with Gasteiger partial charge in [-0.15, -0.1) is 11.3 Å². The Morgan fingerprint density at radius 1 is 1.00 bits per heavy atom. The lowest BCUT2D eigenvalue weighted by atomic mass is 9.83. The first kappa shape index (κ1) is 19.9. The SMILES string of the molecule is CC1(C)COc2c(-c3ccccc3)nc3sc4c(=O)n(N)c(-c5ccccc5)nc4c3c2C1. The zero-order valence-electron chi connectivity index (χ0n) is 18.3. The number of hydrogen-bond donors (Lipinski definition) is 1. The van der Waals surface area contributed by atoms with E-state index in [4.69, 9.17) is 20.5 Å². The number of rotatable bonds is 2. The summed E-state index contributed by atoms with van der Waals surface area (Å²) < 4.78 is 7.97. The van der Waals surface area contributed by atoms with Gasteiger partial charge in [-0.05, 0) is 6.42 Å². The fourth-order valence-electron chi connectivity index (χ4n) is 4.49. The van der Waals surface area contributed by atoms with E-state index in [0.29, 0.717) is 22.6 Å². The third kappa shape index (κ3) is 3.11.